The SMILES string of the molecule is O=C(O)c1cn(CC2CC2)nc1-c1ccsc1. The van der Waals surface area contributed by atoms with Gasteiger partial charge in [-0.15, -0.1) is 0 Å². The molecule has 0 spiro atoms. The monoisotopic (exact) mass is 248 g/mol. The number of aromatic carboxylic acids is 1. The molecule has 4 nitrogen and oxygen atoms in total. The molecule has 0 aromatic carbocycles. The van der Waals surface area contributed by atoms with Crippen molar-refractivity contribution in [1.82, 2.24) is 9.78 Å². The second-order valence-corrected chi connectivity index (χ2v) is 5.15. The van der Waals surface area contributed by atoms with Gasteiger partial charge in [-0.3, -0.25) is 4.68 Å². The summed E-state index contributed by atoms with van der Waals surface area (Å²) in [5.74, 6) is -0.222. The summed E-state index contributed by atoms with van der Waals surface area (Å²) >= 11 is 1.55. The van der Waals surface area contributed by atoms with Gasteiger partial charge in [0.2, 0.25) is 0 Å². The van der Waals surface area contributed by atoms with Crippen LogP contribution >= 0.6 is 11.3 Å². The van der Waals surface area contributed by atoms with E-state index in [0.29, 0.717) is 17.2 Å². The van der Waals surface area contributed by atoms with Crippen LogP contribution in [0.2, 0.25) is 0 Å². The number of thiophene rings is 1. The summed E-state index contributed by atoms with van der Waals surface area (Å²) in [7, 11) is 0. The van der Waals surface area contributed by atoms with Gasteiger partial charge in [0.05, 0.1) is 0 Å². The molecule has 0 bridgehead atoms. The first-order valence-corrected chi connectivity index (χ1v) is 6.51. The van der Waals surface area contributed by atoms with Gasteiger partial charge in [-0.2, -0.15) is 16.4 Å². The summed E-state index contributed by atoms with van der Waals surface area (Å²) in [4.78, 5) is 11.2. The van der Waals surface area contributed by atoms with Crippen molar-refractivity contribution in [2.75, 3.05) is 0 Å². The maximum atomic E-state index is 11.2. The van der Waals surface area contributed by atoms with Gasteiger partial charge in [0.25, 0.3) is 0 Å². The van der Waals surface area contributed by atoms with Crippen LogP contribution in [-0.2, 0) is 6.54 Å². The van der Waals surface area contributed by atoms with E-state index in [1.165, 1.54) is 12.8 Å². The molecular formula is C12H12N2O2S. The molecule has 88 valence electrons. The van der Waals surface area contributed by atoms with Crippen LogP contribution in [0.1, 0.15) is 23.2 Å². The lowest BCUT2D eigenvalue weighted by Gasteiger charge is -1.96. The second-order valence-electron chi connectivity index (χ2n) is 4.37. The van der Waals surface area contributed by atoms with E-state index in [4.69, 9.17) is 0 Å². The van der Waals surface area contributed by atoms with Crippen molar-refractivity contribution in [3.63, 3.8) is 0 Å². The average molecular weight is 248 g/mol. The Kier molecular flexibility index (Phi) is 2.48. The Morgan fingerprint density at radius 3 is 3.00 bits per heavy atom. The van der Waals surface area contributed by atoms with Crippen molar-refractivity contribution in [2.45, 2.75) is 19.4 Å². The zero-order valence-corrected chi connectivity index (χ0v) is 9.98. The van der Waals surface area contributed by atoms with Crippen LogP contribution in [0.3, 0.4) is 0 Å². The zero-order valence-electron chi connectivity index (χ0n) is 9.17. The summed E-state index contributed by atoms with van der Waals surface area (Å²) in [6.45, 7) is 0.838. The second kappa shape index (κ2) is 4.00. The van der Waals surface area contributed by atoms with Crippen LogP contribution in [0.25, 0.3) is 11.3 Å². The Bertz CT molecular complexity index is 541. The number of nitrogens with zero attached hydrogens (tertiary/aromatic N) is 2. The number of hydrogen-bond acceptors (Lipinski definition) is 3. The number of carboxylic acid groups (broad SMARTS) is 1. The van der Waals surface area contributed by atoms with E-state index in [1.54, 1.807) is 22.2 Å². The largest absolute Gasteiger partial charge is 0.478 e. The third-order valence-electron chi connectivity index (χ3n) is 2.93. The molecule has 0 atom stereocenters. The highest BCUT2D eigenvalue weighted by Gasteiger charge is 2.24. The number of carboxylic acids is 1. The fraction of sp³-hybridized carbons (Fsp3) is 0.333. The number of rotatable bonds is 4. The zero-order chi connectivity index (χ0) is 11.8. The minimum absolute atomic E-state index is 0.295. The van der Waals surface area contributed by atoms with Gasteiger partial charge < -0.3 is 5.11 Å². The lowest BCUT2D eigenvalue weighted by atomic mass is 10.1. The first-order chi connectivity index (χ1) is 8.24. The molecule has 0 saturated heterocycles. The van der Waals surface area contributed by atoms with E-state index in [9.17, 15) is 9.90 Å². The number of hydrogen-bond donors (Lipinski definition) is 1. The van der Waals surface area contributed by atoms with E-state index in [0.717, 1.165) is 12.1 Å². The number of carbonyl (C=O) groups is 1. The molecule has 5 heteroatoms. The average Bonchev–Trinajstić information content (AvgIpc) is 2.82. The topological polar surface area (TPSA) is 55.1 Å². The van der Waals surface area contributed by atoms with Crippen molar-refractivity contribution >= 4 is 17.3 Å². The van der Waals surface area contributed by atoms with E-state index in [-0.39, 0.29) is 0 Å². The van der Waals surface area contributed by atoms with E-state index in [1.807, 2.05) is 16.8 Å². The molecule has 2 heterocycles. The van der Waals surface area contributed by atoms with Crippen LogP contribution in [0.4, 0.5) is 0 Å². The van der Waals surface area contributed by atoms with Crippen molar-refractivity contribution in [3.05, 3.63) is 28.6 Å². The lowest BCUT2D eigenvalue weighted by molar-refractivity contribution is 0.0697. The quantitative estimate of drug-likeness (QED) is 0.905. The summed E-state index contributed by atoms with van der Waals surface area (Å²) in [5, 5.41) is 17.4. The van der Waals surface area contributed by atoms with Gasteiger partial charge in [-0.05, 0) is 30.2 Å². The van der Waals surface area contributed by atoms with Gasteiger partial charge in [0.15, 0.2) is 0 Å². The fourth-order valence-electron chi connectivity index (χ4n) is 1.85. The minimum Gasteiger partial charge on any atom is -0.478 e. The molecule has 1 aliphatic carbocycles. The Morgan fingerprint density at radius 1 is 1.59 bits per heavy atom. The van der Waals surface area contributed by atoms with Crippen molar-refractivity contribution in [1.29, 1.82) is 0 Å². The Morgan fingerprint density at radius 2 is 2.41 bits per heavy atom. The molecule has 0 unspecified atom stereocenters. The Balaban J connectivity index is 1.99. The first-order valence-electron chi connectivity index (χ1n) is 5.57. The Labute approximate surface area is 103 Å². The molecule has 1 saturated carbocycles. The molecule has 2 aromatic rings. The predicted molar refractivity (Wildman–Crippen MR) is 65.2 cm³/mol. The molecule has 1 fully saturated rings. The third kappa shape index (κ3) is 2.10. The van der Waals surface area contributed by atoms with Gasteiger partial charge in [0, 0.05) is 23.7 Å². The highest BCUT2D eigenvalue weighted by atomic mass is 32.1. The summed E-state index contributed by atoms with van der Waals surface area (Å²) < 4.78 is 1.77. The standard InChI is InChI=1S/C12H12N2O2S/c15-12(16)10-6-14(5-8-1-2-8)13-11(10)9-3-4-17-7-9/h3-4,6-8H,1-2,5H2,(H,15,16). The predicted octanol–water partition coefficient (Wildman–Crippen LogP) is 2.72. The smallest absolute Gasteiger partial charge is 0.339 e. The van der Waals surface area contributed by atoms with Gasteiger partial charge in [0.1, 0.15) is 11.3 Å². The summed E-state index contributed by atoms with van der Waals surface area (Å²) in [5.41, 5.74) is 1.77. The molecule has 2 aromatic heterocycles. The minimum atomic E-state index is -0.909. The van der Waals surface area contributed by atoms with Gasteiger partial charge in [-0.25, -0.2) is 4.79 Å². The first kappa shape index (κ1) is 10.5. The van der Waals surface area contributed by atoms with Crippen LogP contribution in [0.15, 0.2) is 23.0 Å². The summed E-state index contributed by atoms with van der Waals surface area (Å²) in [6, 6.07) is 1.90. The normalized spacial score (nSPS) is 15.1. The van der Waals surface area contributed by atoms with E-state index < -0.39 is 5.97 Å². The Hall–Kier alpha value is -1.62. The van der Waals surface area contributed by atoms with Crippen LogP contribution in [-0.4, -0.2) is 20.9 Å². The molecule has 0 amide bonds. The van der Waals surface area contributed by atoms with Crippen molar-refractivity contribution in [2.24, 2.45) is 5.92 Å². The maximum absolute atomic E-state index is 11.2. The summed E-state index contributed by atoms with van der Waals surface area (Å²) in [6.07, 6.45) is 4.11. The van der Waals surface area contributed by atoms with Crippen molar-refractivity contribution in [3.8, 4) is 11.3 Å². The van der Waals surface area contributed by atoms with Gasteiger partial charge >= 0.3 is 5.97 Å². The lowest BCUT2D eigenvalue weighted by Crippen LogP contribution is -2.00. The highest BCUT2D eigenvalue weighted by molar-refractivity contribution is 7.08. The molecule has 3 rings (SSSR count). The molecule has 0 radical (unpaired) electrons. The highest BCUT2D eigenvalue weighted by Crippen LogP contribution is 2.31. The van der Waals surface area contributed by atoms with Crippen molar-refractivity contribution < 1.29 is 9.90 Å². The van der Waals surface area contributed by atoms with Crippen LogP contribution in [0, 0.1) is 5.92 Å². The molecule has 0 aliphatic heterocycles. The molecule has 17 heavy (non-hydrogen) atoms. The molecular weight excluding hydrogens is 236 g/mol. The maximum Gasteiger partial charge on any atom is 0.339 e. The molecule has 1 N–H and O–H groups in total. The fourth-order valence-corrected chi connectivity index (χ4v) is 2.49. The number of aromatic nitrogens is 2. The van der Waals surface area contributed by atoms with Gasteiger partial charge in [-0.1, -0.05) is 0 Å². The van der Waals surface area contributed by atoms with E-state index >= 15 is 0 Å². The molecule has 1 aliphatic rings. The third-order valence-corrected chi connectivity index (χ3v) is 3.61. The van der Waals surface area contributed by atoms with Crippen LogP contribution < -0.4 is 0 Å². The van der Waals surface area contributed by atoms with E-state index in [2.05, 4.69) is 5.10 Å². The van der Waals surface area contributed by atoms with Crippen LogP contribution in [0.5, 0.6) is 0 Å².